The van der Waals surface area contributed by atoms with E-state index < -0.39 is 17.5 Å². The highest BCUT2D eigenvalue weighted by Gasteiger charge is 2.62. The number of hydrogen-bond donors (Lipinski definition) is 1. The number of carbonyl (C=O) groups is 1. The molecule has 1 fully saturated rings. The van der Waals surface area contributed by atoms with E-state index in [1.54, 1.807) is 0 Å². The molecule has 0 aromatic carbocycles. The van der Waals surface area contributed by atoms with Gasteiger partial charge < -0.3 is 10.2 Å². The number of alkyl halides is 3. The first kappa shape index (κ1) is 15.0. The van der Waals surface area contributed by atoms with E-state index in [1.807, 2.05) is 6.92 Å². The zero-order chi connectivity index (χ0) is 13.8. The molecule has 1 amide bonds. The van der Waals surface area contributed by atoms with E-state index in [1.165, 1.54) is 11.0 Å². The van der Waals surface area contributed by atoms with E-state index in [2.05, 4.69) is 11.9 Å². The van der Waals surface area contributed by atoms with Crippen molar-refractivity contribution in [1.82, 2.24) is 10.2 Å². The van der Waals surface area contributed by atoms with E-state index in [4.69, 9.17) is 0 Å². The van der Waals surface area contributed by atoms with Crippen molar-refractivity contribution < 1.29 is 18.0 Å². The molecule has 1 rings (SSSR count). The number of amides is 1. The zero-order valence-corrected chi connectivity index (χ0v) is 10.5. The lowest BCUT2D eigenvalue weighted by atomic mass is 9.84. The maximum Gasteiger partial charge on any atom is 0.404 e. The summed E-state index contributed by atoms with van der Waals surface area (Å²) in [6.07, 6.45) is -2.62. The van der Waals surface area contributed by atoms with Gasteiger partial charge in [0.15, 0.2) is 5.41 Å². The number of carbonyl (C=O) groups excluding carboxylic acids is 1. The maximum absolute atomic E-state index is 13.2. The lowest BCUT2D eigenvalue weighted by Gasteiger charge is -2.34. The lowest BCUT2D eigenvalue weighted by molar-refractivity contribution is -0.221. The molecule has 0 spiro atoms. The monoisotopic (exact) mass is 264 g/mol. The van der Waals surface area contributed by atoms with Crippen LogP contribution >= 0.6 is 0 Å². The van der Waals surface area contributed by atoms with Crippen LogP contribution in [0, 0.1) is 5.41 Å². The maximum atomic E-state index is 13.2. The summed E-state index contributed by atoms with van der Waals surface area (Å²) in [7, 11) is 0. The van der Waals surface area contributed by atoms with Gasteiger partial charge in [0.05, 0.1) is 0 Å². The van der Waals surface area contributed by atoms with Crippen LogP contribution in [-0.4, -0.2) is 43.2 Å². The molecule has 1 aliphatic heterocycles. The summed E-state index contributed by atoms with van der Waals surface area (Å²) in [5.41, 5.74) is -2.26. The molecule has 0 bridgehead atoms. The molecule has 6 heteroatoms. The highest BCUT2D eigenvalue weighted by molar-refractivity contribution is 5.84. The van der Waals surface area contributed by atoms with Gasteiger partial charge in [0, 0.05) is 19.6 Å². The molecule has 0 radical (unpaired) electrons. The quantitative estimate of drug-likeness (QED) is 0.770. The van der Waals surface area contributed by atoms with Crippen molar-refractivity contribution in [3.8, 4) is 0 Å². The van der Waals surface area contributed by atoms with Gasteiger partial charge in [-0.05, 0) is 19.4 Å². The van der Waals surface area contributed by atoms with Crippen LogP contribution in [0.5, 0.6) is 0 Å². The van der Waals surface area contributed by atoms with E-state index in [0.717, 1.165) is 0 Å². The van der Waals surface area contributed by atoms with Crippen molar-refractivity contribution in [3.05, 3.63) is 12.7 Å². The molecule has 1 atom stereocenters. The largest absolute Gasteiger partial charge is 0.404 e. The summed E-state index contributed by atoms with van der Waals surface area (Å²) < 4.78 is 39.6. The van der Waals surface area contributed by atoms with Crippen molar-refractivity contribution in [1.29, 1.82) is 0 Å². The smallest absolute Gasteiger partial charge is 0.338 e. The molecule has 0 saturated carbocycles. The predicted molar refractivity (Wildman–Crippen MR) is 63.0 cm³/mol. The Bertz CT molecular complexity index is 309. The predicted octanol–water partition coefficient (Wildman–Crippen LogP) is 1.95. The fourth-order valence-electron chi connectivity index (χ4n) is 2.24. The number of halogens is 3. The zero-order valence-electron chi connectivity index (χ0n) is 10.5. The molecule has 3 nitrogen and oxygen atoms in total. The third kappa shape index (κ3) is 2.68. The van der Waals surface area contributed by atoms with Gasteiger partial charge in [-0.3, -0.25) is 4.79 Å². The summed E-state index contributed by atoms with van der Waals surface area (Å²) in [6.45, 7) is 5.69. The van der Waals surface area contributed by atoms with Crippen molar-refractivity contribution in [2.24, 2.45) is 5.41 Å². The average Bonchev–Trinajstić information content (AvgIpc) is 2.77. The molecule has 0 aliphatic carbocycles. The first-order valence-corrected chi connectivity index (χ1v) is 6.06. The van der Waals surface area contributed by atoms with Gasteiger partial charge in [-0.1, -0.05) is 13.0 Å². The van der Waals surface area contributed by atoms with Crippen LogP contribution in [0.2, 0.25) is 0 Å². The van der Waals surface area contributed by atoms with Gasteiger partial charge >= 0.3 is 6.18 Å². The molecule has 1 N–H and O–H groups in total. The summed E-state index contributed by atoms with van der Waals surface area (Å²) in [5, 5.41) is 2.65. The molecule has 1 unspecified atom stereocenters. The van der Waals surface area contributed by atoms with Crippen LogP contribution in [0.15, 0.2) is 12.7 Å². The number of nitrogens with one attached hydrogen (secondary N) is 1. The van der Waals surface area contributed by atoms with Gasteiger partial charge in [0.25, 0.3) is 0 Å². The third-order valence-electron chi connectivity index (χ3n) is 3.24. The third-order valence-corrected chi connectivity index (χ3v) is 3.24. The minimum absolute atomic E-state index is 0.157. The highest BCUT2D eigenvalue weighted by Crippen LogP contribution is 2.44. The van der Waals surface area contributed by atoms with Crippen LogP contribution in [-0.2, 0) is 4.79 Å². The Morgan fingerprint density at radius 2 is 2.22 bits per heavy atom. The Morgan fingerprint density at radius 1 is 1.56 bits per heavy atom. The normalized spacial score (nSPS) is 24.0. The fraction of sp³-hybridized carbons (Fsp3) is 0.750. The molecule has 0 aromatic rings. The number of nitrogens with zero attached hydrogens (tertiary/aromatic N) is 1. The van der Waals surface area contributed by atoms with Crippen molar-refractivity contribution >= 4 is 5.91 Å². The van der Waals surface area contributed by atoms with Crippen LogP contribution in [0.25, 0.3) is 0 Å². The second kappa shape index (κ2) is 5.73. The molecule has 104 valence electrons. The van der Waals surface area contributed by atoms with Gasteiger partial charge in [0.1, 0.15) is 0 Å². The Balaban J connectivity index is 2.98. The van der Waals surface area contributed by atoms with Crippen LogP contribution in [0.3, 0.4) is 0 Å². The molecular weight excluding hydrogens is 245 g/mol. The minimum atomic E-state index is -4.51. The van der Waals surface area contributed by atoms with Crippen LogP contribution < -0.4 is 5.32 Å². The van der Waals surface area contributed by atoms with E-state index in [-0.39, 0.29) is 26.1 Å². The lowest BCUT2D eigenvalue weighted by Crippen LogP contribution is -2.53. The van der Waals surface area contributed by atoms with Crippen molar-refractivity contribution in [2.45, 2.75) is 25.9 Å². The van der Waals surface area contributed by atoms with Crippen LogP contribution in [0.4, 0.5) is 13.2 Å². The second-order valence-electron chi connectivity index (χ2n) is 4.55. The Labute approximate surface area is 105 Å². The minimum Gasteiger partial charge on any atom is -0.338 e. The van der Waals surface area contributed by atoms with Gasteiger partial charge in [-0.2, -0.15) is 13.2 Å². The molecule has 1 heterocycles. The molecule has 0 aromatic heterocycles. The average molecular weight is 264 g/mol. The molecule has 1 saturated heterocycles. The summed E-state index contributed by atoms with van der Waals surface area (Å²) >= 11 is 0. The fourth-order valence-corrected chi connectivity index (χ4v) is 2.24. The Kier molecular flexibility index (Phi) is 4.78. The van der Waals surface area contributed by atoms with E-state index in [9.17, 15) is 18.0 Å². The SMILES string of the molecule is C=CCN(CCC)C(=O)C1(C(F)(F)F)CCNC1. The Hall–Kier alpha value is -1.04. The molecule has 18 heavy (non-hydrogen) atoms. The number of hydrogen-bond acceptors (Lipinski definition) is 2. The van der Waals surface area contributed by atoms with E-state index >= 15 is 0 Å². The highest BCUT2D eigenvalue weighted by atomic mass is 19.4. The standard InChI is InChI=1S/C12H19F3N2O/c1-3-7-17(8-4-2)10(18)11(12(13,14)15)5-6-16-9-11/h3,16H,1,4-9H2,2H3. The summed E-state index contributed by atoms with van der Waals surface area (Å²) in [4.78, 5) is 13.5. The van der Waals surface area contributed by atoms with Gasteiger partial charge in [0.2, 0.25) is 5.91 Å². The topological polar surface area (TPSA) is 32.3 Å². The number of rotatable bonds is 5. The van der Waals surface area contributed by atoms with E-state index in [0.29, 0.717) is 13.0 Å². The second-order valence-corrected chi connectivity index (χ2v) is 4.55. The first-order valence-electron chi connectivity index (χ1n) is 6.06. The summed E-state index contributed by atoms with van der Waals surface area (Å²) in [5.74, 6) is -0.832. The van der Waals surface area contributed by atoms with Gasteiger partial charge in [-0.15, -0.1) is 6.58 Å². The molecular formula is C12H19F3N2O. The first-order chi connectivity index (χ1) is 8.39. The molecule has 1 aliphatic rings. The van der Waals surface area contributed by atoms with Gasteiger partial charge in [-0.25, -0.2) is 0 Å². The van der Waals surface area contributed by atoms with Crippen LogP contribution in [0.1, 0.15) is 19.8 Å². The Morgan fingerprint density at radius 3 is 2.61 bits per heavy atom. The summed E-state index contributed by atoms with van der Waals surface area (Å²) in [6, 6.07) is 0. The van der Waals surface area contributed by atoms with Crippen molar-refractivity contribution in [2.75, 3.05) is 26.2 Å². The van der Waals surface area contributed by atoms with Crippen molar-refractivity contribution in [3.63, 3.8) is 0 Å².